The average Bonchev–Trinajstić information content (AvgIpc) is 2.83. The minimum absolute atomic E-state index is 0.127. The van der Waals surface area contributed by atoms with Crippen molar-refractivity contribution < 1.29 is 0 Å². The lowest BCUT2D eigenvalue weighted by Gasteiger charge is -2.14. The Kier molecular flexibility index (Phi) is 3.93. The predicted octanol–water partition coefficient (Wildman–Crippen LogP) is 1.85. The second-order valence-corrected chi connectivity index (χ2v) is 4.66. The largest absolute Gasteiger partial charge is 0.319 e. The van der Waals surface area contributed by atoms with E-state index in [9.17, 15) is 0 Å². The smallest absolute Gasteiger partial charge is 0.149 e. The number of hydrogen-bond donors (Lipinski definition) is 1. The minimum Gasteiger partial charge on any atom is -0.319 e. The lowest BCUT2D eigenvalue weighted by molar-refractivity contribution is 0.527. The van der Waals surface area contributed by atoms with E-state index in [0.29, 0.717) is 5.56 Å². The van der Waals surface area contributed by atoms with Crippen LogP contribution >= 0.6 is 0 Å². The Bertz CT molecular complexity index is 609. The molecule has 2 aromatic rings. The van der Waals surface area contributed by atoms with Crippen molar-refractivity contribution in [2.75, 3.05) is 0 Å². The monoisotopic (exact) mass is 255 g/mol. The number of nitrogens with zero attached hydrogens (tertiary/aromatic N) is 4. The zero-order valence-corrected chi connectivity index (χ0v) is 11.4. The standard InChI is InChI=1S/C14H17N5/c1-10-6-12(7-15)4-5-13(10)8-16-11(2)14-18-17-9-19(14)3/h4-6,9,11,16H,8H2,1-3H3. The van der Waals surface area contributed by atoms with Crippen LogP contribution in [0.25, 0.3) is 0 Å². The van der Waals surface area contributed by atoms with Gasteiger partial charge in [-0.2, -0.15) is 5.26 Å². The highest BCUT2D eigenvalue weighted by Gasteiger charge is 2.11. The molecule has 0 saturated carbocycles. The maximum absolute atomic E-state index is 8.84. The number of rotatable bonds is 4. The quantitative estimate of drug-likeness (QED) is 0.905. The van der Waals surface area contributed by atoms with Gasteiger partial charge in [-0.25, -0.2) is 0 Å². The van der Waals surface area contributed by atoms with E-state index in [-0.39, 0.29) is 6.04 Å². The fraction of sp³-hybridized carbons (Fsp3) is 0.357. The Morgan fingerprint density at radius 1 is 1.47 bits per heavy atom. The van der Waals surface area contributed by atoms with Gasteiger partial charge in [0, 0.05) is 13.6 Å². The molecule has 19 heavy (non-hydrogen) atoms. The molecule has 1 heterocycles. The third-order valence-corrected chi connectivity index (χ3v) is 3.20. The molecular formula is C14H17N5. The van der Waals surface area contributed by atoms with Gasteiger partial charge in [0.15, 0.2) is 0 Å². The summed E-state index contributed by atoms with van der Waals surface area (Å²) in [5.74, 6) is 0.909. The van der Waals surface area contributed by atoms with E-state index in [0.717, 1.165) is 17.9 Å². The van der Waals surface area contributed by atoms with Gasteiger partial charge in [0.1, 0.15) is 12.2 Å². The summed E-state index contributed by atoms with van der Waals surface area (Å²) in [4.78, 5) is 0. The third-order valence-electron chi connectivity index (χ3n) is 3.20. The van der Waals surface area contributed by atoms with Crippen molar-refractivity contribution in [3.63, 3.8) is 0 Å². The molecule has 5 heteroatoms. The first kappa shape index (κ1) is 13.2. The van der Waals surface area contributed by atoms with Crippen LogP contribution in [0, 0.1) is 18.3 Å². The number of benzene rings is 1. The molecule has 1 aromatic heterocycles. The Morgan fingerprint density at radius 3 is 2.84 bits per heavy atom. The molecule has 0 radical (unpaired) electrons. The summed E-state index contributed by atoms with van der Waals surface area (Å²) in [5.41, 5.74) is 3.01. The first-order valence-electron chi connectivity index (χ1n) is 6.18. The minimum atomic E-state index is 0.127. The van der Waals surface area contributed by atoms with Crippen molar-refractivity contribution in [1.29, 1.82) is 5.26 Å². The summed E-state index contributed by atoms with van der Waals surface area (Å²) in [6.45, 7) is 4.82. The Morgan fingerprint density at radius 2 is 2.26 bits per heavy atom. The van der Waals surface area contributed by atoms with E-state index < -0.39 is 0 Å². The zero-order valence-electron chi connectivity index (χ0n) is 11.4. The van der Waals surface area contributed by atoms with Crippen LogP contribution < -0.4 is 5.32 Å². The Labute approximate surface area is 112 Å². The molecule has 0 bridgehead atoms. The topological polar surface area (TPSA) is 66.5 Å². The SMILES string of the molecule is Cc1cc(C#N)ccc1CNC(C)c1nncn1C. The van der Waals surface area contributed by atoms with Crippen molar-refractivity contribution in [3.8, 4) is 6.07 Å². The van der Waals surface area contributed by atoms with Crippen molar-refractivity contribution in [1.82, 2.24) is 20.1 Å². The van der Waals surface area contributed by atoms with E-state index in [1.807, 2.05) is 36.7 Å². The molecule has 1 N–H and O–H groups in total. The Hall–Kier alpha value is -2.19. The first-order chi connectivity index (χ1) is 9.11. The summed E-state index contributed by atoms with van der Waals surface area (Å²) in [7, 11) is 1.93. The fourth-order valence-electron chi connectivity index (χ4n) is 2.00. The molecule has 2 rings (SSSR count). The van der Waals surface area contributed by atoms with Crippen LogP contribution in [0.15, 0.2) is 24.5 Å². The van der Waals surface area contributed by atoms with Crippen LogP contribution in [0.3, 0.4) is 0 Å². The van der Waals surface area contributed by atoms with E-state index in [1.165, 1.54) is 5.56 Å². The average molecular weight is 255 g/mol. The molecule has 0 saturated heterocycles. The molecule has 5 nitrogen and oxygen atoms in total. The van der Waals surface area contributed by atoms with E-state index >= 15 is 0 Å². The van der Waals surface area contributed by atoms with Crippen LogP contribution in [0.4, 0.5) is 0 Å². The summed E-state index contributed by atoms with van der Waals surface area (Å²) >= 11 is 0. The number of nitrogens with one attached hydrogen (secondary N) is 1. The second kappa shape index (κ2) is 5.63. The maximum Gasteiger partial charge on any atom is 0.149 e. The summed E-state index contributed by atoms with van der Waals surface area (Å²) in [6, 6.07) is 8.02. The van der Waals surface area contributed by atoms with E-state index in [2.05, 4.69) is 28.5 Å². The first-order valence-corrected chi connectivity index (χ1v) is 6.18. The molecule has 98 valence electrons. The lowest BCUT2D eigenvalue weighted by atomic mass is 10.1. The molecule has 1 unspecified atom stereocenters. The molecule has 1 atom stereocenters. The molecule has 0 fully saturated rings. The van der Waals surface area contributed by atoms with Crippen molar-refractivity contribution >= 4 is 0 Å². The highest BCUT2D eigenvalue weighted by atomic mass is 15.3. The van der Waals surface area contributed by atoms with Crippen LogP contribution in [0.5, 0.6) is 0 Å². The number of aryl methyl sites for hydroxylation is 2. The van der Waals surface area contributed by atoms with Crippen LogP contribution in [-0.4, -0.2) is 14.8 Å². The highest BCUT2D eigenvalue weighted by molar-refractivity contribution is 5.37. The van der Waals surface area contributed by atoms with Crippen molar-refractivity contribution in [3.05, 3.63) is 47.0 Å². The molecule has 1 aromatic carbocycles. The molecule has 0 spiro atoms. The van der Waals surface area contributed by atoms with Gasteiger partial charge in [-0.1, -0.05) is 6.07 Å². The molecule has 0 aliphatic carbocycles. The Balaban J connectivity index is 2.03. The van der Waals surface area contributed by atoms with Gasteiger partial charge in [-0.05, 0) is 37.1 Å². The maximum atomic E-state index is 8.84. The predicted molar refractivity (Wildman–Crippen MR) is 72.2 cm³/mol. The number of aromatic nitrogens is 3. The highest BCUT2D eigenvalue weighted by Crippen LogP contribution is 2.13. The fourth-order valence-corrected chi connectivity index (χ4v) is 2.00. The van der Waals surface area contributed by atoms with Crippen molar-refractivity contribution in [2.24, 2.45) is 7.05 Å². The normalized spacial score (nSPS) is 12.1. The second-order valence-electron chi connectivity index (χ2n) is 4.66. The summed E-state index contributed by atoms with van der Waals surface area (Å²) in [5, 5.41) is 20.2. The van der Waals surface area contributed by atoms with E-state index in [4.69, 9.17) is 5.26 Å². The number of nitriles is 1. The van der Waals surface area contributed by atoms with Gasteiger partial charge in [0.25, 0.3) is 0 Å². The summed E-state index contributed by atoms with van der Waals surface area (Å²) in [6.07, 6.45) is 1.69. The zero-order chi connectivity index (χ0) is 13.8. The van der Waals surface area contributed by atoms with Gasteiger partial charge in [0.05, 0.1) is 17.7 Å². The molecule has 0 aliphatic heterocycles. The summed E-state index contributed by atoms with van der Waals surface area (Å²) < 4.78 is 1.91. The van der Waals surface area contributed by atoms with Crippen molar-refractivity contribution in [2.45, 2.75) is 26.4 Å². The lowest BCUT2D eigenvalue weighted by Crippen LogP contribution is -2.21. The van der Waals surface area contributed by atoms with Gasteiger partial charge in [-0.3, -0.25) is 0 Å². The van der Waals surface area contributed by atoms with Crippen LogP contribution in [-0.2, 0) is 13.6 Å². The van der Waals surface area contributed by atoms with E-state index in [1.54, 1.807) is 6.33 Å². The number of hydrogen-bond acceptors (Lipinski definition) is 4. The van der Waals surface area contributed by atoms with Crippen LogP contribution in [0.2, 0.25) is 0 Å². The molecule has 0 amide bonds. The van der Waals surface area contributed by atoms with Crippen LogP contribution in [0.1, 0.15) is 35.5 Å². The third kappa shape index (κ3) is 2.98. The van der Waals surface area contributed by atoms with Gasteiger partial charge in [-0.15, -0.1) is 10.2 Å². The molecule has 0 aliphatic rings. The van der Waals surface area contributed by atoms with Gasteiger partial charge < -0.3 is 9.88 Å². The molecular weight excluding hydrogens is 238 g/mol. The van der Waals surface area contributed by atoms with Gasteiger partial charge >= 0.3 is 0 Å². The van der Waals surface area contributed by atoms with Gasteiger partial charge in [0.2, 0.25) is 0 Å².